The van der Waals surface area contributed by atoms with Crippen LogP contribution in [0.25, 0.3) is 11.0 Å². The molecule has 4 nitrogen and oxygen atoms in total. The normalized spacial score (nSPS) is 28.4. The first-order chi connectivity index (χ1) is 7.98. The number of nitrogens with zero attached hydrogens (tertiary/aromatic N) is 3. The molecule has 5 heteroatoms. The summed E-state index contributed by atoms with van der Waals surface area (Å²) in [5, 5.41) is 19.4. The molecule has 0 bridgehead atoms. The van der Waals surface area contributed by atoms with Crippen LogP contribution in [0.1, 0.15) is 31.4 Å². The summed E-state index contributed by atoms with van der Waals surface area (Å²) in [7, 11) is 0. The van der Waals surface area contributed by atoms with Crippen molar-refractivity contribution in [3.05, 3.63) is 23.0 Å². The Bertz CT molecular complexity index is 583. The number of aromatic nitrogens is 3. The number of aliphatic hydroxyl groups is 1. The van der Waals surface area contributed by atoms with Crippen molar-refractivity contribution in [1.82, 2.24) is 14.8 Å². The predicted molar refractivity (Wildman–Crippen MR) is 66.2 cm³/mol. The first kappa shape index (κ1) is 11.0. The summed E-state index contributed by atoms with van der Waals surface area (Å²) in [6.07, 6.45) is 3.53. The largest absolute Gasteiger partial charge is 0.390 e. The van der Waals surface area contributed by atoms with Gasteiger partial charge < -0.3 is 9.67 Å². The molecule has 1 aliphatic carbocycles. The maximum absolute atomic E-state index is 9.78. The molecule has 0 spiro atoms. The Balaban J connectivity index is 2.05. The molecule has 90 valence electrons. The summed E-state index contributed by atoms with van der Waals surface area (Å²) in [4.78, 5) is 0. The minimum absolute atomic E-state index is 0.317. The highest BCUT2D eigenvalue weighted by atomic mass is 35.5. The van der Waals surface area contributed by atoms with E-state index in [1.807, 2.05) is 26.1 Å². The summed E-state index contributed by atoms with van der Waals surface area (Å²) in [6.45, 7) is 3.81. The van der Waals surface area contributed by atoms with Gasteiger partial charge in [-0.1, -0.05) is 11.6 Å². The van der Waals surface area contributed by atoms with Gasteiger partial charge in [-0.15, -0.1) is 10.2 Å². The SMILES string of the molecule is Cc1c(Cl)nnc2c1ccn2C1CC(C)(O)C1. The van der Waals surface area contributed by atoms with Crippen molar-refractivity contribution in [3.63, 3.8) is 0 Å². The molecule has 17 heavy (non-hydrogen) atoms. The molecule has 0 amide bonds. The van der Waals surface area contributed by atoms with Crippen LogP contribution in [0.15, 0.2) is 12.3 Å². The molecular formula is C12H14ClN3O. The van der Waals surface area contributed by atoms with Gasteiger partial charge in [-0.25, -0.2) is 0 Å². The second-order valence-corrected chi connectivity index (χ2v) is 5.49. The first-order valence-electron chi connectivity index (χ1n) is 5.70. The quantitative estimate of drug-likeness (QED) is 0.847. The average molecular weight is 252 g/mol. The van der Waals surface area contributed by atoms with Gasteiger partial charge in [0.15, 0.2) is 10.8 Å². The van der Waals surface area contributed by atoms with E-state index >= 15 is 0 Å². The Morgan fingerprint density at radius 2 is 2.18 bits per heavy atom. The monoisotopic (exact) mass is 251 g/mol. The zero-order valence-corrected chi connectivity index (χ0v) is 10.6. The zero-order chi connectivity index (χ0) is 12.2. The second kappa shape index (κ2) is 3.43. The van der Waals surface area contributed by atoms with E-state index in [2.05, 4.69) is 14.8 Å². The molecule has 0 atom stereocenters. The van der Waals surface area contributed by atoms with Crippen LogP contribution in [0, 0.1) is 6.92 Å². The van der Waals surface area contributed by atoms with E-state index in [4.69, 9.17) is 11.6 Å². The Kier molecular flexibility index (Phi) is 2.22. The third-order valence-electron chi connectivity index (χ3n) is 3.58. The van der Waals surface area contributed by atoms with E-state index in [9.17, 15) is 5.11 Å². The second-order valence-electron chi connectivity index (χ2n) is 5.14. The molecule has 1 N–H and O–H groups in total. The van der Waals surface area contributed by atoms with Crippen molar-refractivity contribution in [3.8, 4) is 0 Å². The van der Waals surface area contributed by atoms with Crippen LogP contribution < -0.4 is 0 Å². The molecule has 0 aromatic carbocycles. The number of hydrogen-bond acceptors (Lipinski definition) is 3. The van der Waals surface area contributed by atoms with Gasteiger partial charge in [0.1, 0.15) is 0 Å². The van der Waals surface area contributed by atoms with Crippen LogP contribution in [0.5, 0.6) is 0 Å². The number of fused-ring (bicyclic) bond motifs is 1. The highest BCUT2D eigenvalue weighted by molar-refractivity contribution is 6.30. The molecular weight excluding hydrogens is 238 g/mol. The zero-order valence-electron chi connectivity index (χ0n) is 9.81. The lowest BCUT2D eigenvalue weighted by Crippen LogP contribution is -2.41. The van der Waals surface area contributed by atoms with Crippen LogP contribution in [0.3, 0.4) is 0 Å². The molecule has 1 fully saturated rings. The third kappa shape index (κ3) is 1.63. The van der Waals surface area contributed by atoms with Gasteiger partial charge in [0, 0.05) is 17.6 Å². The highest BCUT2D eigenvalue weighted by Gasteiger charge is 2.39. The fourth-order valence-corrected chi connectivity index (χ4v) is 2.70. The summed E-state index contributed by atoms with van der Waals surface area (Å²) in [5.74, 6) is 0. The van der Waals surface area contributed by atoms with Gasteiger partial charge in [-0.3, -0.25) is 0 Å². The van der Waals surface area contributed by atoms with E-state index in [-0.39, 0.29) is 0 Å². The molecule has 1 aliphatic rings. The van der Waals surface area contributed by atoms with Gasteiger partial charge in [-0.2, -0.15) is 0 Å². The van der Waals surface area contributed by atoms with Crippen LogP contribution in [-0.4, -0.2) is 25.5 Å². The minimum atomic E-state index is -0.532. The highest BCUT2D eigenvalue weighted by Crippen LogP contribution is 2.42. The fourth-order valence-electron chi connectivity index (χ4n) is 2.56. The number of aryl methyl sites for hydroxylation is 1. The Labute approximate surface area is 104 Å². The van der Waals surface area contributed by atoms with Gasteiger partial charge in [0.05, 0.1) is 5.60 Å². The van der Waals surface area contributed by atoms with Gasteiger partial charge in [0.25, 0.3) is 0 Å². The topological polar surface area (TPSA) is 50.9 Å². The van der Waals surface area contributed by atoms with E-state index in [1.165, 1.54) is 0 Å². The van der Waals surface area contributed by atoms with Crippen molar-refractivity contribution in [2.75, 3.05) is 0 Å². The number of hydrogen-bond donors (Lipinski definition) is 1. The van der Waals surface area contributed by atoms with Crippen LogP contribution in [0.2, 0.25) is 5.15 Å². The summed E-state index contributed by atoms with van der Waals surface area (Å²) >= 11 is 5.95. The van der Waals surface area contributed by atoms with Crippen LogP contribution in [-0.2, 0) is 0 Å². The van der Waals surface area contributed by atoms with E-state index in [0.29, 0.717) is 11.2 Å². The van der Waals surface area contributed by atoms with Crippen LogP contribution >= 0.6 is 11.6 Å². The Morgan fingerprint density at radius 1 is 1.47 bits per heavy atom. The van der Waals surface area contributed by atoms with E-state index in [0.717, 1.165) is 29.4 Å². The van der Waals surface area contributed by atoms with Gasteiger partial charge >= 0.3 is 0 Å². The third-order valence-corrected chi connectivity index (χ3v) is 3.94. The van der Waals surface area contributed by atoms with Crippen molar-refractivity contribution >= 4 is 22.6 Å². The smallest absolute Gasteiger partial charge is 0.163 e. The summed E-state index contributed by atoms with van der Waals surface area (Å²) in [5.41, 5.74) is 1.28. The summed E-state index contributed by atoms with van der Waals surface area (Å²) in [6, 6.07) is 2.33. The molecule has 2 aromatic rings. The van der Waals surface area contributed by atoms with Crippen molar-refractivity contribution in [2.24, 2.45) is 0 Å². The molecule has 0 unspecified atom stereocenters. The summed E-state index contributed by atoms with van der Waals surface area (Å²) < 4.78 is 2.09. The molecule has 3 rings (SSSR count). The van der Waals surface area contributed by atoms with Crippen molar-refractivity contribution in [2.45, 2.75) is 38.3 Å². The first-order valence-corrected chi connectivity index (χ1v) is 6.07. The molecule has 2 heterocycles. The molecule has 0 saturated heterocycles. The lowest BCUT2D eigenvalue weighted by Gasteiger charge is -2.41. The Morgan fingerprint density at radius 3 is 2.82 bits per heavy atom. The van der Waals surface area contributed by atoms with Crippen LogP contribution in [0.4, 0.5) is 0 Å². The van der Waals surface area contributed by atoms with Gasteiger partial charge in [0.2, 0.25) is 0 Å². The molecule has 2 aromatic heterocycles. The lowest BCUT2D eigenvalue weighted by molar-refractivity contribution is -0.0498. The maximum Gasteiger partial charge on any atom is 0.163 e. The predicted octanol–water partition coefficient (Wildman–Crippen LogP) is 2.48. The minimum Gasteiger partial charge on any atom is -0.390 e. The van der Waals surface area contributed by atoms with Crippen molar-refractivity contribution in [1.29, 1.82) is 0 Å². The molecule has 1 saturated carbocycles. The van der Waals surface area contributed by atoms with Crippen molar-refractivity contribution < 1.29 is 5.11 Å². The molecule has 0 radical (unpaired) electrons. The van der Waals surface area contributed by atoms with Gasteiger partial charge in [-0.05, 0) is 38.3 Å². The van der Waals surface area contributed by atoms with E-state index < -0.39 is 5.60 Å². The number of halogens is 1. The standard InChI is InChI=1S/C12H14ClN3O/c1-7-9-3-4-16(8-5-12(2,17)6-8)11(9)15-14-10(7)13/h3-4,8,17H,5-6H2,1-2H3. The fraction of sp³-hybridized carbons (Fsp3) is 0.500. The lowest BCUT2D eigenvalue weighted by atomic mass is 9.77. The Hall–Kier alpha value is -1.13. The maximum atomic E-state index is 9.78. The average Bonchev–Trinajstić information content (AvgIpc) is 2.64. The number of rotatable bonds is 1. The molecule has 0 aliphatic heterocycles. The van der Waals surface area contributed by atoms with E-state index in [1.54, 1.807) is 0 Å².